The van der Waals surface area contributed by atoms with Gasteiger partial charge < -0.3 is 5.73 Å². The summed E-state index contributed by atoms with van der Waals surface area (Å²) in [4.78, 5) is 0. The van der Waals surface area contributed by atoms with Crippen molar-refractivity contribution in [3.8, 4) is 0 Å². The second-order valence-corrected chi connectivity index (χ2v) is 5.31. The van der Waals surface area contributed by atoms with Crippen LogP contribution in [0.5, 0.6) is 0 Å². The van der Waals surface area contributed by atoms with Crippen molar-refractivity contribution in [2.75, 3.05) is 0 Å². The highest BCUT2D eigenvalue weighted by molar-refractivity contribution is 4.94. The van der Waals surface area contributed by atoms with E-state index in [1.54, 1.807) is 0 Å². The quantitative estimate of drug-likeness (QED) is 0.571. The number of hydrogen-bond donors (Lipinski definition) is 1. The van der Waals surface area contributed by atoms with Gasteiger partial charge in [0.15, 0.2) is 0 Å². The summed E-state index contributed by atoms with van der Waals surface area (Å²) in [5, 5.41) is 0. The number of nitrogens with two attached hydrogens (primary N) is 1. The first-order chi connectivity index (χ1) is 4.85. The summed E-state index contributed by atoms with van der Waals surface area (Å²) in [6, 6.07) is 0.458. The maximum atomic E-state index is 5.91. The Balaban J connectivity index is 2.69. The molecule has 0 bridgehead atoms. The van der Waals surface area contributed by atoms with Crippen molar-refractivity contribution in [1.29, 1.82) is 0 Å². The largest absolute Gasteiger partial charge is 0.328 e. The summed E-state index contributed by atoms with van der Waals surface area (Å²) in [6.07, 6.45) is 3.72. The molecular weight excluding hydrogens is 134 g/mol. The highest BCUT2D eigenvalue weighted by atomic mass is 14.7. The van der Waals surface area contributed by atoms with Gasteiger partial charge in [-0.25, -0.2) is 0 Å². The van der Waals surface area contributed by atoms with E-state index in [0.717, 1.165) is 0 Å². The van der Waals surface area contributed by atoms with Gasteiger partial charge in [0.2, 0.25) is 0 Å². The molecule has 1 rings (SSSR count). The molecule has 0 saturated heterocycles. The Morgan fingerprint density at radius 2 is 1.91 bits per heavy atom. The molecule has 0 aromatic carbocycles. The van der Waals surface area contributed by atoms with Crippen molar-refractivity contribution in [3.05, 3.63) is 0 Å². The van der Waals surface area contributed by atoms with Gasteiger partial charge >= 0.3 is 0 Å². The first-order valence-corrected chi connectivity index (χ1v) is 4.61. The van der Waals surface area contributed by atoms with Crippen LogP contribution in [0, 0.1) is 10.8 Å². The molecule has 1 nitrogen and oxygen atoms in total. The fourth-order valence-electron chi connectivity index (χ4n) is 1.97. The molecule has 0 heterocycles. The Kier molecular flexibility index (Phi) is 2.04. The number of hydrogen-bond acceptors (Lipinski definition) is 1. The van der Waals surface area contributed by atoms with Gasteiger partial charge in [-0.15, -0.1) is 0 Å². The Bertz CT molecular complexity index is 145. The standard InChI is InChI=1S/C10H21N/c1-9(2,3)10(4)6-5-8(11)7-10/h8H,5-7,11H2,1-4H3/t8-,10?/m1/s1. The Labute approximate surface area is 70.4 Å². The Morgan fingerprint density at radius 3 is 2.09 bits per heavy atom. The molecule has 11 heavy (non-hydrogen) atoms. The van der Waals surface area contributed by atoms with Crippen LogP contribution in [0.15, 0.2) is 0 Å². The zero-order valence-electron chi connectivity index (χ0n) is 8.28. The molecule has 1 heteroatoms. The average molecular weight is 155 g/mol. The summed E-state index contributed by atoms with van der Waals surface area (Å²) in [5.41, 5.74) is 6.80. The van der Waals surface area contributed by atoms with Crippen LogP contribution in [0.1, 0.15) is 47.0 Å². The van der Waals surface area contributed by atoms with Crippen molar-refractivity contribution in [2.45, 2.75) is 53.0 Å². The lowest BCUT2D eigenvalue weighted by Gasteiger charge is -2.38. The van der Waals surface area contributed by atoms with E-state index in [0.29, 0.717) is 16.9 Å². The van der Waals surface area contributed by atoms with Crippen molar-refractivity contribution in [3.63, 3.8) is 0 Å². The molecule has 0 spiro atoms. The molecule has 1 unspecified atom stereocenters. The van der Waals surface area contributed by atoms with Gasteiger partial charge in [0.1, 0.15) is 0 Å². The molecule has 0 aromatic rings. The molecule has 1 aliphatic rings. The van der Waals surface area contributed by atoms with Gasteiger partial charge in [-0.2, -0.15) is 0 Å². The van der Waals surface area contributed by atoms with Crippen LogP contribution < -0.4 is 5.73 Å². The molecule has 66 valence electrons. The molecule has 1 saturated carbocycles. The summed E-state index contributed by atoms with van der Waals surface area (Å²) in [7, 11) is 0. The zero-order chi connectivity index (χ0) is 8.70. The van der Waals surface area contributed by atoms with E-state index in [4.69, 9.17) is 5.73 Å². The lowest BCUT2D eigenvalue weighted by Crippen LogP contribution is -2.31. The molecule has 1 fully saturated rings. The molecule has 0 aromatic heterocycles. The minimum Gasteiger partial charge on any atom is -0.328 e. The fraction of sp³-hybridized carbons (Fsp3) is 1.00. The summed E-state index contributed by atoms with van der Waals surface area (Å²) >= 11 is 0. The number of rotatable bonds is 0. The topological polar surface area (TPSA) is 26.0 Å². The second kappa shape index (κ2) is 2.48. The van der Waals surface area contributed by atoms with E-state index in [1.807, 2.05) is 0 Å². The van der Waals surface area contributed by atoms with Crippen LogP contribution in [0.25, 0.3) is 0 Å². The van der Waals surface area contributed by atoms with Gasteiger partial charge in [-0.05, 0) is 30.1 Å². The summed E-state index contributed by atoms with van der Waals surface area (Å²) in [5.74, 6) is 0. The predicted molar refractivity (Wildman–Crippen MR) is 49.4 cm³/mol. The normalized spacial score (nSPS) is 39.5. The summed E-state index contributed by atoms with van der Waals surface area (Å²) in [6.45, 7) is 9.35. The third kappa shape index (κ3) is 1.58. The molecule has 1 aliphatic carbocycles. The van der Waals surface area contributed by atoms with Crippen LogP contribution in [0.4, 0.5) is 0 Å². The molecule has 0 radical (unpaired) electrons. The smallest absolute Gasteiger partial charge is 0.00444 e. The molecule has 2 N–H and O–H groups in total. The van der Waals surface area contributed by atoms with E-state index in [9.17, 15) is 0 Å². The van der Waals surface area contributed by atoms with Crippen LogP contribution in [0.2, 0.25) is 0 Å². The Morgan fingerprint density at radius 1 is 1.36 bits per heavy atom. The van der Waals surface area contributed by atoms with E-state index < -0.39 is 0 Å². The maximum absolute atomic E-state index is 5.91. The minimum absolute atomic E-state index is 0.418. The summed E-state index contributed by atoms with van der Waals surface area (Å²) < 4.78 is 0. The monoisotopic (exact) mass is 155 g/mol. The van der Waals surface area contributed by atoms with Crippen LogP contribution in [-0.2, 0) is 0 Å². The van der Waals surface area contributed by atoms with Gasteiger partial charge in [0, 0.05) is 6.04 Å². The highest BCUT2D eigenvalue weighted by Gasteiger charge is 2.42. The Hall–Kier alpha value is -0.0400. The lowest BCUT2D eigenvalue weighted by molar-refractivity contribution is 0.115. The molecular formula is C10H21N. The molecule has 2 atom stereocenters. The van der Waals surface area contributed by atoms with E-state index in [2.05, 4.69) is 27.7 Å². The van der Waals surface area contributed by atoms with Crippen molar-refractivity contribution < 1.29 is 0 Å². The first-order valence-electron chi connectivity index (χ1n) is 4.61. The van der Waals surface area contributed by atoms with Crippen molar-refractivity contribution in [1.82, 2.24) is 0 Å². The van der Waals surface area contributed by atoms with E-state index in [1.165, 1.54) is 19.3 Å². The van der Waals surface area contributed by atoms with Crippen LogP contribution >= 0.6 is 0 Å². The van der Waals surface area contributed by atoms with Gasteiger partial charge in [-0.3, -0.25) is 0 Å². The van der Waals surface area contributed by atoms with Crippen LogP contribution in [0.3, 0.4) is 0 Å². The highest BCUT2D eigenvalue weighted by Crippen LogP contribution is 2.49. The minimum atomic E-state index is 0.418. The average Bonchev–Trinajstić information content (AvgIpc) is 2.10. The van der Waals surface area contributed by atoms with Crippen molar-refractivity contribution >= 4 is 0 Å². The van der Waals surface area contributed by atoms with E-state index in [-0.39, 0.29) is 0 Å². The van der Waals surface area contributed by atoms with Gasteiger partial charge in [0.05, 0.1) is 0 Å². The van der Waals surface area contributed by atoms with Crippen molar-refractivity contribution in [2.24, 2.45) is 16.6 Å². The first kappa shape index (κ1) is 9.05. The second-order valence-electron chi connectivity index (χ2n) is 5.31. The maximum Gasteiger partial charge on any atom is 0.00444 e. The SMILES string of the molecule is CC(C)(C)C1(C)CC[C@@H](N)C1. The third-order valence-electron chi connectivity index (χ3n) is 3.59. The molecule has 0 amide bonds. The fourth-order valence-corrected chi connectivity index (χ4v) is 1.97. The zero-order valence-corrected chi connectivity index (χ0v) is 8.28. The van der Waals surface area contributed by atoms with Gasteiger partial charge in [0.25, 0.3) is 0 Å². The lowest BCUT2D eigenvalue weighted by atomic mass is 9.67. The van der Waals surface area contributed by atoms with Crippen LogP contribution in [-0.4, -0.2) is 6.04 Å². The third-order valence-corrected chi connectivity index (χ3v) is 3.59. The predicted octanol–water partition coefficient (Wildman–Crippen LogP) is 2.55. The van der Waals surface area contributed by atoms with E-state index >= 15 is 0 Å². The van der Waals surface area contributed by atoms with Gasteiger partial charge in [-0.1, -0.05) is 27.7 Å². The molecule has 0 aliphatic heterocycles.